The Morgan fingerprint density at radius 1 is 1.41 bits per heavy atom. The molecule has 1 N–H and O–H groups in total. The van der Waals surface area contributed by atoms with E-state index in [4.69, 9.17) is 5.11 Å². The van der Waals surface area contributed by atoms with Crippen LogP contribution < -0.4 is 4.90 Å². The highest BCUT2D eigenvalue weighted by atomic mass is 16.3. The van der Waals surface area contributed by atoms with Crippen molar-refractivity contribution in [2.24, 2.45) is 0 Å². The Kier molecular flexibility index (Phi) is 3.53. The van der Waals surface area contributed by atoms with Gasteiger partial charge < -0.3 is 10.0 Å². The maximum Gasteiger partial charge on any atom is 0.254 e. The zero-order chi connectivity index (χ0) is 12.3. The van der Waals surface area contributed by atoms with Crippen LogP contribution in [0.25, 0.3) is 5.78 Å². The number of aromatic nitrogens is 4. The summed E-state index contributed by atoms with van der Waals surface area (Å²) in [5, 5.41) is 13.3. The van der Waals surface area contributed by atoms with Crippen LogP contribution in [0.5, 0.6) is 0 Å². The van der Waals surface area contributed by atoms with Crippen molar-refractivity contribution in [3.63, 3.8) is 0 Å². The Morgan fingerprint density at radius 3 is 2.94 bits per heavy atom. The highest BCUT2D eigenvalue weighted by Crippen LogP contribution is 2.15. The van der Waals surface area contributed by atoms with Crippen molar-refractivity contribution in [1.82, 2.24) is 19.6 Å². The third-order valence-electron chi connectivity index (χ3n) is 2.55. The number of nitrogens with zero attached hydrogens (tertiary/aromatic N) is 5. The maximum absolute atomic E-state index is 9.11. The number of hydrogen-bond acceptors (Lipinski definition) is 5. The van der Waals surface area contributed by atoms with Gasteiger partial charge in [0.2, 0.25) is 0 Å². The molecular weight excluding hydrogens is 218 g/mol. The quantitative estimate of drug-likeness (QED) is 0.824. The van der Waals surface area contributed by atoms with Crippen LogP contribution in [0.4, 0.5) is 5.82 Å². The molecule has 0 aliphatic carbocycles. The van der Waals surface area contributed by atoms with Crippen molar-refractivity contribution in [3.05, 3.63) is 18.1 Å². The van der Waals surface area contributed by atoms with Gasteiger partial charge >= 0.3 is 0 Å². The summed E-state index contributed by atoms with van der Waals surface area (Å²) >= 11 is 0. The molecule has 0 bridgehead atoms. The lowest BCUT2D eigenvalue weighted by Gasteiger charge is -2.23. The molecule has 2 aromatic rings. The first-order valence-corrected chi connectivity index (χ1v) is 5.79. The summed E-state index contributed by atoms with van der Waals surface area (Å²) in [6.45, 7) is 5.63. The van der Waals surface area contributed by atoms with Crippen LogP contribution in [-0.4, -0.2) is 44.4 Å². The average Bonchev–Trinajstić information content (AvgIpc) is 2.75. The van der Waals surface area contributed by atoms with E-state index in [1.807, 2.05) is 13.0 Å². The van der Waals surface area contributed by atoms with Crippen molar-refractivity contribution in [3.8, 4) is 0 Å². The molecule has 0 spiro atoms. The van der Waals surface area contributed by atoms with E-state index in [-0.39, 0.29) is 6.61 Å². The molecule has 0 atom stereocenters. The lowest BCUT2D eigenvalue weighted by atomic mass is 10.3. The number of aryl methyl sites for hydroxylation is 1. The second kappa shape index (κ2) is 5.09. The van der Waals surface area contributed by atoms with Crippen LogP contribution in [0, 0.1) is 6.92 Å². The second-order valence-electron chi connectivity index (χ2n) is 3.94. The van der Waals surface area contributed by atoms with Gasteiger partial charge in [-0.05, 0) is 13.3 Å². The molecule has 0 aliphatic rings. The third-order valence-corrected chi connectivity index (χ3v) is 2.55. The van der Waals surface area contributed by atoms with E-state index >= 15 is 0 Å². The molecule has 0 saturated heterocycles. The summed E-state index contributed by atoms with van der Waals surface area (Å²) in [5.41, 5.74) is 0.902. The van der Waals surface area contributed by atoms with Gasteiger partial charge in [0.05, 0.1) is 6.61 Å². The van der Waals surface area contributed by atoms with Crippen molar-refractivity contribution < 1.29 is 5.11 Å². The van der Waals surface area contributed by atoms with Gasteiger partial charge in [0.25, 0.3) is 5.78 Å². The van der Waals surface area contributed by atoms with Crippen LogP contribution in [-0.2, 0) is 0 Å². The van der Waals surface area contributed by atoms with Gasteiger partial charge in [0.1, 0.15) is 12.1 Å². The molecule has 0 radical (unpaired) electrons. The first-order chi connectivity index (χ1) is 8.26. The fourth-order valence-electron chi connectivity index (χ4n) is 1.87. The molecule has 2 aromatic heterocycles. The Hall–Kier alpha value is -1.69. The number of fused-ring (bicyclic) bond motifs is 1. The van der Waals surface area contributed by atoms with Gasteiger partial charge in [-0.3, -0.25) is 0 Å². The van der Waals surface area contributed by atoms with Gasteiger partial charge in [0, 0.05) is 24.8 Å². The van der Waals surface area contributed by atoms with E-state index in [1.54, 1.807) is 4.52 Å². The number of hydrogen-bond donors (Lipinski definition) is 1. The minimum Gasteiger partial charge on any atom is -0.395 e. The fourth-order valence-corrected chi connectivity index (χ4v) is 1.87. The first-order valence-electron chi connectivity index (χ1n) is 5.79. The molecule has 0 saturated carbocycles. The number of aliphatic hydroxyl groups excluding tert-OH is 1. The highest BCUT2D eigenvalue weighted by molar-refractivity contribution is 5.47. The van der Waals surface area contributed by atoms with Crippen molar-refractivity contribution >= 4 is 11.6 Å². The van der Waals surface area contributed by atoms with Crippen LogP contribution in [0.2, 0.25) is 0 Å². The zero-order valence-corrected chi connectivity index (χ0v) is 10.2. The molecule has 92 valence electrons. The standard InChI is InChI=1S/C11H17N5O/c1-3-4-15(5-6-17)10-7-9(2)14-11-12-8-13-16(10)11/h7-8,17H,3-6H2,1-2H3. The highest BCUT2D eigenvalue weighted by Gasteiger charge is 2.12. The topological polar surface area (TPSA) is 66.5 Å². The monoisotopic (exact) mass is 235 g/mol. The molecule has 6 heteroatoms. The van der Waals surface area contributed by atoms with E-state index < -0.39 is 0 Å². The molecular formula is C11H17N5O. The Morgan fingerprint density at radius 2 is 2.24 bits per heavy atom. The van der Waals surface area contributed by atoms with E-state index in [0.717, 1.165) is 24.5 Å². The molecule has 17 heavy (non-hydrogen) atoms. The lowest BCUT2D eigenvalue weighted by molar-refractivity contribution is 0.301. The molecule has 2 heterocycles. The van der Waals surface area contributed by atoms with Gasteiger partial charge in [-0.15, -0.1) is 0 Å². The number of rotatable bonds is 5. The SMILES string of the molecule is CCCN(CCO)c1cc(C)nc2ncnn12. The summed E-state index contributed by atoms with van der Waals surface area (Å²) in [6, 6.07) is 1.97. The van der Waals surface area contributed by atoms with Gasteiger partial charge in [-0.1, -0.05) is 6.92 Å². The first kappa shape index (κ1) is 11.8. The summed E-state index contributed by atoms with van der Waals surface area (Å²) < 4.78 is 1.71. The molecule has 6 nitrogen and oxygen atoms in total. The lowest BCUT2D eigenvalue weighted by Crippen LogP contribution is -2.29. The van der Waals surface area contributed by atoms with Crippen molar-refractivity contribution in [2.45, 2.75) is 20.3 Å². The predicted octanol–water partition coefficient (Wildman–Crippen LogP) is 0.641. The molecule has 0 aromatic carbocycles. The third kappa shape index (κ3) is 2.36. The predicted molar refractivity (Wildman–Crippen MR) is 65.1 cm³/mol. The largest absolute Gasteiger partial charge is 0.395 e. The number of anilines is 1. The molecule has 0 aliphatic heterocycles. The zero-order valence-electron chi connectivity index (χ0n) is 10.2. The molecule has 2 rings (SSSR count). The minimum absolute atomic E-state index is 0.123. The molecule has 0 fully saturated rings. The summed E-state index contributed by atoms with van der Waals surface area (Å²) in [4.78, 5) is 10.5. The van der Waals surface area contributed by atoms with Crippen LogP contribution in [0.1, 0.15) is 19.0 Å². The van der Waals surface area contributed by atoms with Gasteiger partial charge in [-0.2, -0.15) is 14.6 Å². The summed E-state index contributed by atoms with van der Waals surface area (Å²) in [5.74, 6) is 1.53. The normalized spacial score (nSPS) is 11.0. The van der Waals surface area contributed by atoms with E-state index in [2.05, 4.69) is 26.9 Å². The van der Waals surface area contributed by atoms with Gasteiger partial charge in [-0.25, -0.2) is 4.98 Å². The Bertz CT molecular complexity index is 490. The fraction of sp³-hybridized carbons (Fsp3) is 0.545. The van der Waals surface area contributed by atoms with Crippen LogP contribution >= 0.6 is 0 Å². The summed E-state index contributed by atoms with van der Waals surface area (Å²) in [7, 11) is 0. The van der Waals surface area contributed by atoms with Crippen LogP contribution in [0.15, 0.2) is 12.4 Å². The Balaban J connectivity index is 2.46. The minimum atomic E-state index is 0.123. The molecule has 0 unspecified atom stereocenters. The second-order valence-corrected chi connectivity index (χ2v) is 3.94. The van der Waals surface area contributed by atoms with Crippen LogP contribution in [0.3, 0.4) is 0 Å². The maximum atomic E-state index is 9.11. The van der Waals surface area contributed by atoms with E-state index in [1.165, 1.54) is 6.33 Å². The van der Waals surface area contributed by atoms with E-state index in [0.29, 0.717) is 12.3 Å². The van der Waals surface area contributed by atoms with Crippen molar-refractivity contribution in [1.29, 1.82) is 0 Å². The Labute approximate surface area is 99.9 Å². The smallest absolute Gasteiger partial charge is 0.254 e. The summed E-state index contributed by atoms with van der Waals surface area (Å²) in [6.07, 6.45) is 2.51. The number of aliphatic hydroxyl groups is 1. The molecule has 0 amide bonds. The van der Waals surface area contributed by atoms with Crippen molar-refractivity contribution in [2.75, 3.05) is 24.6 Å². The van der Waals surface area contributed by atoms with E-state index in [9.17, 15) is 0 Å². The van der Waals surface area contributed by atoms with Gasteiger partial charge in [0.15, 0.2) is 0 Å². The average molecular weight is 235 g/mol.